The van der Waals surface area contributed by atoms with Crippen molar-refractivity contribution in [3.8, 4) is 0 Å². The van der Waals surface area contributed by atoms with Gasteiger partial charge in [0.2, 0.25) is 0 Å². The van der Waals surface area contributed by atoms with Gasteiger partial charge in [-0.3, -0.25) is 9.20 Å². The van der Waals surface area contributed by atoms with Crippen LogP contribution in [0.25, 0.3) is 5.65 Å². The highest BCUT2D eigenvalue weighted by Crippen LogP contribution is 2.21. The van der Waals surface area contributed by atoms with Crippen LogP contribution in [0, 0.1) is 0 Å². The zero-order valence-corrected chi connectivity index (χ0v) is 13.6. The Labute approximate surface area is 133 Å². The number of carbonyl (C=O) groups excluding carboxylic acids is 1. The first-order chi connectivity index (χ1) is 10.4. The van der Waals surface area contributed by atoms with Crippen molar-refractivity contribution in [2.75, 3.05) is 0 Å². The van der Waals surface area contributed by atoms with Gasteiger partial charge in [-0.15, -0.1) is 21.5 Å². The van der Waals surface area contributed by atoms with Gasteiger partial charge < -0.3 is 5.32 Å². The minimum absolute atomic E-state index is 0.0936. The van der Waals surface area contributed by atoms with Gasteiger partial charge in [-0.05, 0) is 23.6 Å². The zero-order chi connectivity index (χ0) is 15.7. The Kier molecular flexibility index (Phi) is 3.70. The van der Waals surface area contributed by atoms with Gasteiger partial charge in [-0.25, -0.2) is 0 Å². The zero-order valence-electron chi connectivity index (χ0n) is 12.8. The van der Waals surface area contributed by atoms with Crippen molar-refractivity contribution in [1.82, 2.24) is 19.9 Å². The van der Waals surface area contributed by atoms with Crippen molar-refractivity contribution in [2.45, 2.75) is 32.7 Å². The molecule has 0 saturated heterocycles. The Bertz CT molecular complexity index is 799. The number of fused-ring (bicyclic) bond motifs is 1. The first-order valence-corrected chi connectivity index (χ1v) is 7.99. The normalized spacial score (nSPS) is 11.8. The lowest BCUT2D eigenvalue weighted by Gasteiger charge is -2.15. The number of carbonyl (C=O) groups is 1. The van der Waals surface area contributed by atoms with Crippen molar-refractivity contribution in [1.29, 1.82) is 0 Å². The SMILES string of the molecule is CC(C)(C)c1nnc2ccc(C(=O)NCc3cccs3)cn12. The number of amides is 1. The molecule has 0 fully saturated rings. The molecule has 114 valence electrons. The molecule has 3 rings (SSSR count). The van der Waals surface area contributed by atoms with E-state index in [9.17, 15) is 4.79 Å². The van der Waals surface area contributed by atoms with Crippen molar-refractivity contribution in [3.63, 3.8) is 0 Å². The smallest absolute Gasteiger partial charge is 0.253 e. The van der Waals surface area contributed by atoms with Gasteiger partial charge in [0.1, 0.15) is 5.82 Å². The predicted molar refractivity (Wildman–Crippen MR) is 87.2 cm³/mol. The van der Waals surface area contributed by atoms with Gasteiger partial charge in [-0.2, -0.15) is 0 Å². The summed E-state index contributed by atoms with van der Waals surface area (Å²) in [5.74, 6) is 0.749. The van der Waals surface area contributed by atoms with E-state index >= 15 is 0 Å². The van der Waals surface area contributed by atoms with E-state index in [1.54, 1.807) is 23.6 Å². The molecule has 1 amide bonds. The van der Waals surface area contributed by atoms with Crippen molar-refractivity contribution >= 4 is 22.9 Å². The summed E-state index contributed by atoms with van der Waals surface area (Å²) in [4.78, 5) is 13.4. The van der Waals surface area contributed by atoms with Crippen LogP contribution in [0.5, 0.6) is 0 Å². The molecule has 3 aromatic rings. The Balaban J connectivity index is 1.86. The second-order valence-electron chi connectivity index (χ2n) is 6.18. The van der Waals surface area contributed by atoms with Gasteiger partial charge in [-0.1, -0.05) is 26.8 Å². The second-order valence-corrected chi connectivity index (χ2v) is 7.21. The lowest BCUT2D eigenvalue weighted by atomic mass is 9.96. The predicted octanol–water partition coefficient (Wildman–Crippen LogP) is 3.02. The molecule has 3 aromatic heterocycles. The molecule has 3 heterocycles. The summed E-state index contributed by atoms with van der Waals surface area (Å²) in [6.07, 6.45) is 1.81. The molecule has 0 unspecified atom stereocenters. The van der Waals surface area contributed by atoms with Gasteiger partial charge in [0.05, 0.1) is 12.1 Å². The summed E-state index contributed by atoms with van der Waals surface area (Å²) in [6, 6.07) is 7.58. The van der Waals surface area contributed by atoms with E-state index in [0.717, 1.165) is 16.3 Å². The molecule has 0 aliphatic rings. The number of pyridine rings is 1. The first kappa shape index (κ1) is 14.7. The molecule has 0 aliphatic carbocycles. The Morgan fingerprint density at radius 1 is 1.27 bits per heavy atom. The summed E-state index contributed by atoms with van der Waals surface area (Å²) in [7, 11) is 0. The summed E-state index contributed by atoms with van der Waals surface area (Å²) in [6.45, 7) is 6.77. The average Bonchev–Trinajstić information content (AvgIpc) is 3.12. The van der Waals surface area contributed by atoms with E-state index in [1.165, 1.54) is 0 Å². The monoisotopic (exact) mass is 314 g/mol. The number of nitrogens with one attached hydrogen (secondary N) is 1. The Hall–Kier alpha value is -2.21. The van der Waals surface area contributed by atoms with Crippen LogP contribution in [-0.2, 0) is 12.0 Å². The molecule has 0 spiro atoms. The fraction of sp³-hybridized carbons (Fsp3) is 0.312. The molecule has 0 bridgehead atoms. The van der Waals surface area contributed by atoms with E-state index in [2.05, 4.69) is 36.3 Å². The highest BCUT2D eigenvalue weighted by Gasteiger charge is 2.21. The van der Waals surface area contributed by atoms with Gasteiger partial charge >= 0.3 is 0 Å². The number of thiophene rings is 1. The van der Waals surface area contributed by atoms with Crippen LogP contribution in [-0.4, -0.2) is 20.5 Å². The summed E-state index contributed by atoms with van der Waals surface area (Å²) < 4.78 is 1.89. The van der Waals surface area contributed by atoms with Crippen molar-refractivity contribution in [2.24, 2.45) is 0 Å². The Morgan fingerprint density at radius 3 is 2.77 bits per heavy atom. The number of rotatable bonds is 3. The third-order valence-corrected chi connectivity index (χ3v) is 4.22. The third-order valence-electron chi connectivity index (χ3n) is 3.34. The second kappa shape index (κ2) is 5.53. The molecule has 1 N–H and O–H groups in total. The summed E-state index contributed by atoms with van der Waals surface area (Å²) in [5, 5.41) is 13.3. The molecule has 0 atom stereocenters. The molecule has 22 heavy (non-hydrogen) atoms. The van der Waals surface area contributed by atoms with Crippen molar-refractivity contribution < 1.29 is 4.79 Å². The highest BCUT2D eigenvalue weighted by molar-refractivity contribution is 7.09. The Morgan fingerprint density at radius 2 is 2.09 bits per heavy atom. The quantitative estimate of drug-likeness (QED) is 0.808. The van der Waals surface area contributed by atoms with E-state index in [4.69, 9.17) is 0 Å². The number of hydrogen-bond acceptors (Lipinski definition) is 4. The molecule has 0 radical (unpaired) electrons. The standard InChI is InChI=1S/C16H18N4OS/c1-16(2,3)15-19-18-13-7-6-11(10-20(13)15)14(21)17-9-12-5-4-8-22-12/h4-8,10H,9H2,1-3H3,(H,17,21). The van der Waals surface area contributed by atoms with Crippen LogP contribution in [0.4, 0.5) is 0 Å². The maximum Gasteiger partial charge on any atom is 0.253 e. The number of nitrogens with zero attached hydrogens (tertiary/aromatic N) is 3. The fourth-order valence-electron chi connectivity index (χ4n) is 2.22. The minimum Gasteiger partial charge on any atom is -0.347 e. The van der Waals surface area contributed by atoms with Crippen molar-refractivity contribution in [3.05, 3.63) is 52.1 Å². The molecule has 6 heteroatoms. The summed E-state index contributed by atoms with van der Waals surface area (Å²) in [5.41, 5.74) is 1.22. The van der Waals surface area contributed by atoms with E-state index in [0.29, 0.717) is 12.1 Å². The molecule has 5 nitrogen and oxygen atoms in total. The largest absolute Gasteiger partial charge is 0.347 e. The molecule has 0 aromatic carbocycles. The van der Waals surface area contributed by atoms with E-state index < -0.39 is 0 Å². The topological polar surface area (TPSA) is 59.3 Å². The van der Waals surface area contributed by atoms with Gasteiger partial charge in [0, 0.05) is 16.5 Å². The maximum absolute atomic E-state index is 12.3. The summed E-state index contributed by atoms with van der Waals surface area (Å²) >= 11 is 1.63. The van der Waals surface area contributed by atoms with Crippen LogP contribution in [0.1, 0.15) is 41.8 Å². The molecular formula is C16H18N4OS. The van der Waals surface area contributed by atoms with E-state index in [1.807, 2.05) is 28.0 Å². The van der Waals surface area contributed by atoms with E-state index in [-0.39, 0.29) is 11.3 Å². The maximum atomic E-state index is 12.3. The van der Waals surface area contributed by atoms with Crippen LogP contribution in [0.2, 0.25) is 0 Å². The third kappa shape index (κ3) is 2.87. The highest BCUT2D eigenvalue weighted by atomic mass is 32.1. The van der Waals surface area contributed by atoms with Gasteiger partial charge in [0.25, 0.3) is 5.91 Å². The lowest BCUT2D eigenvalue weighted by molar-refractivity contribution is 0.0951. The minimum atomic E-state index is -0.133. The van der Waals surface area contributed by atoms with Crippen LogP contribution in [0.15, 0.2) is 35.8 Å². The number of aromatic nitrogens is 3. The number of hydrogen-bond donors (Lipinski definition) is 1. The van der Waals surface area contributed by atoms with Crippen LogP contribution in [0.3, 0.4) is 0 Å². The van der Waals surface area contributed by atoms with Crippen LogP contribution >= 0.6 is 11.3 Å². The van der Waals surface area contributed by atoms with Crippen LogP contribution < -0.4 is 5.32 Å². The molecule has 0 saturated carbocycles. The first-order valence-electron chi connectivity index (χ1n) is 7.11. The van der Waals surface area contributed by atoms with Gasteiger partial charge in [0.15, 0.2) is 5.65 Å². The fourth-order valence-corrected chi connectivity index (χ4v) is 2.86. The molecular weight excluding hydrogens is 296 g/mol. The average molecular weight is 314 g/mol. The lowest BCUT2D eigenvalue weighted by Crippen LogP contribution is -2.23. The molecule has 0 aliphatic heterocycles.